The van der Waals surface area contributed by atoms with Gasteiger partial charge in [0.1, 0.15) is 17.9 Å². The van der Waals surface area contributed by atoms with E-state index in [0.29, 0.717) is 25.2 Å². The molecule has 32 heavy (non-hydrogen) atoms. The molecule has 172 valence electrons. The van der Waals surface area contributed by atoms with Crippen LogP contribution in [0.5, 0.6) is 0 Å². The number of imide groups is 1. The van der Waals surface area contributed by atoms with Crippen molar-refractivity contribution < 1.29 is 22.8 Å². The topological polar surface area (TPSA) is 137 Å². The zero-order valence-electron chi connectivity index (χ0n) is 17.9. The minimum Gasteiger partial charge on any atom is -0.324 e. The van der Waals surface area contributed by atoms with E-state index in [1.807, 2.05) is 6.92 Å². The van der Waals surface area contributed by atoms with E-state index < -0.39 is 34.0 Å². The van der Waals surface area contributed by atoms with E-state index in [1.54, 1.807) is 6.07 Å². The summed E-state index contributed by atoms with van der Waals surface area (Å²) in [5.74, 6) is -0.539. The summed E-state index contributed by atoms with van der Waals surface area (Å²) >= 11 is 0. The van der Waals surface area contributed by atoms with Crippen LogP contribution < -0.4 is 15.4 Å². The van der Waals surface area contributed by atoms with Crippen LogP contribution in [0.2, 0.25) is 0 Å². The fourth-order valence-electron chi connectivity index (χ4n) is 4.56. The molecule has 4 rings (SSSR count). The van der Waals surface area contributed by atoms with Crippen molar-refractivity contribution in [3.63, 3.8) is 0 Å². The standard InChI is InChI=1S/C21H27N5O5S/c1-14-6-2-3-10-21(14)19(28)26(20(29)24-21)13-18(27)23-15-7-4-8-16(12-15)32(30,31)25-17-9-5-11-22-17/h4,7-8,12,14H,2-3,5-6,9-11,13H2,1H3,(H,22,25)(H,23,27)(H,24,29). The molecule has 2 fully saturated rings. The van der Waals surface area contributed by atoms with Gasteiger partial charge in [0.25, 0.3) is 15.9 Å². The Morgan fingerprint density at radius 3 is 2.81 bits per heavy atom. The summed E-state index contributed by atoms with van der Waals surface area (Å²) in [5.41, 5.74) is -0.683. The Morgan fingerprint density at radius 2 is 2.09 bits per heavy atom. The zero-order chi connectivity index (χ0) is 22.9. The highest BCUT2D eigenvalue weighted by atomic mass is 32.2. The Balaban J connectivity index is 1.43. The Morgan fingerprint density at radius 1 is 1.28 bits per heavy atom. The number of amides is 4. The molecule has 1 aliphatic carbocycles. The first-order chi connectivity index (χ1) is 15.2. The van der Waals surface area contributed by atoms with Gasteiger partial charge in [0.15, 0.2) is 0 Å². The average molecular weight is 462 g/mol. The molecule has 1 saturated carbocycles. The van der Waals surface area contributed by atoms with Gasteiger partial charge in [-0.25, -0.2) is 13.2 Å². The molecule has 10 nitrogen and oxygen atoms in total. The van der Waals surface area contributed by atoms with Crippen LogP contribution >= 0.6 is 0 Å². The molecule has 4 amide bonds. The normalized spacial score (nSPS) is 25.6. The number of hydrogen-bond acceptors (Lipinski definition) is 6. The van der Waals surface area contributed by atoms with Crippen molar-refractivity contribution in [3.8, 4) is 0 Å². The molecule has 1 spiro atoms. The lowest BCUT2D eigenvalue weighted by Gasteiger charge is -2.36. The highest BCUT2D eigenvalue weighted by molar-refractivity contribution is 7.90. The van der Waals surface area contributed by atoms with E-state index in [-0.39, 0.29) is 22.4 Å². The summed E-state index contributed by atoms with van der Waals surface area (Å²) in [6, 6.07) is 5.22. The molecule has 11 heteroatoms. The van der Waals surface area contributed by atoms with Crippen molar-refractivity contribution >= 4 is 39.4 Å². The van der Waals surface area contributed by atoms with Crippen molar-refractivity contribution in [2.24, 2.45) is 10.9 Å². The molecule has 1 aromatic carbocycles. The summed E-state index contributed by atoms with van der Waals surface area (Å²) in [6.07, 6.45) is 4.63. The van der Waals surface area contributed by atoms with E-state index >= 15 is 0 Å². The third kappa shape index (κ3) is 4.21. The number of amidine groups is 1. The molecule has 3 N–H and O–H groups in total. The fourth-order valence-corrected chi connectivity index (χ4v) is 5.70. The minimum absolute atomic E-state index is 0.000351. The van der Waals surface area contributed by atoms with Crippen molar-refractivity contribution in [1.29, 1.82) is 0 Å². The Labute approximate surface area is 186 Å². The van der Waals surface area contributed by atoms with Gasteiger partial charge in [-0.05, 0) is 43.4 Å². The van der Waals surface area contributed by atoms with Crippen molar-refractivity contribution in [3.05, 3.63) is 24.3 Å². The quantitative estimate of drug-likeness (QED) is 0.572. The van der Waals surface area contributed by atoms with Crippen molar-refractivity contribution in [2.45, 2.75) is 55.9 Å². The molecular formula is C21H27N5O5S. The first-order valence-corrected chi connectivity index (χ1v) is 12.3. The van der Waals surface area contributed by atoms with E-state index in [2.05, 4.69) is 20.3 Å². The second kappa shape index (κ2) is 8.53. The number of aliphatic imine (C=N–C) groups is 1. The summed E-state index contributed by atoms with van der Waals surface area (Å²) in [5, 5.41) is 5.39. The number of urea groups is 1. The molecule has 0 aromatic heterocycles. The summed E-state index contributed by atoms with van der Waals surface area (Å²) in [4.78, 5) is 43.1. The molecule has 2 atom stereocenters. The van der Waals surface area contributed by atoms with Crippen LogP contribution in [0.15, 0.2) is 34.2 Å². The number of carbonyl (C=O) groups is 3. The van der Waals surface area contributed by atoms with Crippen LogP contribution in [-0.4, -0.2) is 55.6 Å². The van der Waals surface area contributed by atoms with Gasteiger partial charge in [-0.3, -0.25) is 24.2 Å². The Hall–Kier alpha value is -2.95. The van der Waals surface area contributed by atoms with Gasteiger partial charge >= 0.3 is 6.03 Å². The molecule has 2 unspecified atom stereocenters. The zero-order valence-corrected chi connectivity index (χ0v) is 18.7. The number of hydrogen-bond donors (Lipinski definition) is 3. The molecule has 3 aliphatic rings. The first kappa shape index (κ1) is 22.3. The van der Waals surface area contributed by atoms with Crippen LogP contribution in [0.25, 0.3) is 0 Å². The number of nitrogens with one attached hydrogen (secondary N) is 3. The predicted octanol–water partition coefficient (Wildman–Crippen LogP) is 1.60. The van der Waals surface area contributed by atoms with Gasteiger partial charge in [0.05, 0.1) is 4.90 Å². The lowest BCUT2D eigenvalue weighted by atomic mass is 9.73. The smallest absolute Gasteiger partial charge is 0.324 e. The number of benzene rings is 1. The highest BCUT2D eigenvalue weighted by Gasteiger charge is 2.55. The molecule has 0 bridgehead atoms. The third-order valence-corrected chi connectivity index (χ3v) is 7.74. The maximum absolute atomic E-state index is 13.0. The molecule has 0 radical (unpaired) electrons. The summed E-state index contributed by atoms with van der Waals surface area (Å²) in [7, 11) is -3.83. The van der Waals surface area contributed by atoms with E-state index in [9.17, 15) is 22.8 Å². The van der Waals surface area contributed by atoms with Gasteiger partial charge in [-0.15, -0.1) is 0 Å². The van der Waals surface area contributed by atoms with Crippen LogP contribution in [0.1, 0.15) is 45.4 Å². The molecular weight excluding hydrogens is 434 g/mol. The number of anilines is 1. The average Bonchev–Trinajstić information content (AvgIpc) is 3.33. The van der Waals surface area contributed by atoms with E-state index in [4.69, 9.17) is 0 Å². The fraction of sp³-hybridized carbons (Fsp3) is 0.524. The van der Waals surface area contributed by atoms with Gasteiger partial charge < -0.3 is 10.6 Å². The monoisotopic (exact) mass is 461 g/mol. The van der Waals surface area contributed by atoms with Gasteiger partial charge in [0, 0.05) is 18.7 Å². The maximum atomic E-state index is 13.0. The first-order valence-electron chi connectivity index (χ1n) is 10.8. The summed E-state index contributed by atoms with van der Waals surface area (Å²) < 4.78 is 27.6. The van der Waals surface area contributed by atoms with Crippen molar-refractivity contribution in [2.75, 3.05) is 18.4 Å². The largest absolute Gasteiger partial charge is 0.325 e. The number of rotatable bonds is 5. The minimum atomic E-state index is -3.83. The van der Waals surface area contributed by atoms with E-state index in [1.165, 1.54) is 18.2 Å². The number of carbonyl (C=O) groups excluding carboxylic acids is 3. The second-order valence-corrected chi connectivity index (χ2v) is 10.2. The molecule has 2 heterocycles. The maximum Gasteiger partial charge on any atom is 0.325 e. The Kier molecular flexibility index (Phi) is 5.93. The van der Waals surface area contributed by atoms with Gasteiger partial charge in [-0.1, -0.05) is 25.8 Å². The predicted molar refractivity (Wildman–Crippen MR) is 118 cm³/mol. The number of nitrogens with zero attached hydrogens (tertiary/aromatic N) is 2. The van der Waals surface area contributed by atoms with Crippen LogP contribution in [0.4, 0.5) is 10.5 Å². The van der Waals surface area contributed by atoms with E-state index in [0.717, 1.165) is 30.6 Å². The van der Waals surface area contributed by atoms with Crippen LogP contribution in [0.3, 0.4) is 0 Å². The molecule has 1 aromatic rings. The highest BCUT2D eigenvalue weighted by Crippen LogP contribution is 2.38. The second-order valence-electron chi connectivity index (χ2n) is 8.55. The van der Waals surface area contributed by atoms with Gasteiger partial charge in [-0.2, -0.15) is 0 Å². The third-order valence-electron chi connectivity index (χ3n) is 6.36. The molecule has 2 aliphatic heterocycles. The van der Waals surface area contributed by atoms with Crippen molar-refractivity contribution in [1.82, 2.24) is 14.9 Å². The lowest BCUT2D eigenvalue weighted by molar-refractivity contribution is -0.136. The summed E-state index contributed by atoms with van der Waals surface area (Å²) in [6.45, 7) is 2.10. The Bertz CT molecular complexity index is 1090. The van der Waals surface area contributed by atoms with Crippen LogP contribution in [-0.2, 0) is 19.6 Å². The lowest BCUT2D eigenvalue weighted by Crippen LogP contribution is -2.54. The van der Waals surface area contributed by atoms with Gasteiger partial charge in [0.2, 0.25) is 5.91 Å². The number of sulfonamides is 1. The SMILES string of the molecule is CC1CCCCC12NC(=O)N(CC(=O)Nc1cccc(S(=O)(=O)NC3=NCCC3)c1)C2=O. The van der Waals surface area contributed by atoms with Crippen LogP contribution in [0, 0.1) is 5.92 Å². The molecule has 1 saturated heterocycles.